The number of anilines is 3. The van der Waals surface area contributed by atoms with Crippen LogP contribution in [0.1, 0.15) is 24.2 Å². The minimum absolute atomic E-state index is 0.558. The minimum atomic E-state index is 0.558. The Balaban J connectivity index is 1.76. The molecule has 1 aromatic carbocycles. The van der Waals surface area contributed by atoms with Gasteiger partial charge in [0.15, 0.2) is 0 Å². The van der Waals surface area contributed by atoms with E-state index in [2.05, 4.69) is 20.6 Å². The Morgan fingerprint density at radius 2 is 1.85 bits per heavy atom. The Bertz CT molecular complexity index is 590. The van der Waals surface area contributed by atoms with E-state index >= 15 is 0 Å². The number of aryl methyl sites for hydroxylation is 1. The van der Waals surface area contributed by atoms with Crippen molar-refractivity contribution in [2.75, 3.05) is 10.6 Å². The molecule has 0 aliphatic heterocycles. The Morgan fingerprint density at radius 1 is 1.15 bits per heavy atom. The molecule has 1 heterocycles. The zero-order chi connectivity index (χ0) is 13.9. The van der Waals surface area contributed by atoms with Crippen LogP contribution < -0.4 is 16.4 Å². The highest BCUT2D eigenvalue weighted by atomic mass is 15.1. The number of nitrogens with one attached hydrogen (secondary N) is 2. The molecule has 0 saturated heterocycles. The van der Waals surface area contributed by atoms with Crippen molar-refractivity contribution in [1.82, 2.24) is 9.97 Å². The van der Waals surface area contributed by atoms with Gasteiger partial charge in [0.1, 0.15) is 17.5 Å². The first-order valence-electron chi connectivity index (χ1n) is 6.91. The Hall–Kier alpha value is -2.14. The largest absolute Gasteiger partial charge is 0.367 e. The molecule has 0 bridgehead atoms. The summed E-state index contributed by atoms with van der Waals surface area (Å²) in [6, 6.07) is 10.6. The summed E-state index contributed by atoms with van der Waals surface area (Å²) in [6.07, 6.45) is 2.46. The first-order chi connectivity index (χ1) is 9.72. The second-order valence-corrected chi connectivity index (χ2v) is 5.13. The van der Waals surface area contributed by atoms with Gasteiger partial charge in [0.05, 0.1) is 0 Å². The summed E-state index contributed by atoms with van der Waals surface area (Å²) < 4.78 is 0. The van der Waals surface area contributed by atoms with Crippen molar-refractivity contribution in [1.29, 1.82) is 0 Å². The average molecular weight is 269 g/mol. The van der Waals surface area contributed by atoms with Crippen molar-refractivity contribution in [2.24, 2.45) is 5.73 Å². The number of nitrogens with two attached hydrogens (primary N) is 1. The summed E-state index contributed by atoms with van der Waals surface area (Å²) in [7, 11) is 0. The molecule has 1 aliphatic rings. The molecule has 5 nitrogen and oxygen atoms in total. The number of rotatable bonds is 5. The van der Waals surface area contributed by atoms with Gasteiger partial charge in [-0.25, -0.2) is 9.97 Å². The van der Waals surface area contributed by atoms with Crippen molar-refractivity contribution in [3.63, 3.8) is 0 Å². The quantitative estimate of drug-likeness (QED) is 0.777. The van der Waals surface area contributed by atoms with Gasteiger partial charge in [-0.3, -0.25) is 0 Å². The number of aromatic nitrogens is 2. The zero-order valence-corrected chi connectivity index (χ0v) is 11.6. The molecule has 1 aliphatic carbocycles. The normalized spacial score (nSPS) is 14.1. The maximum Gasteiger partial charge on any atom is 0.136 e. The highest BCUT2D eigenvalue weighted by molar-refractivity contribution is 5.59. The molecule has 1 aromatic heterocycles. The lowest BCUT2D eigenvalue weighted by molar-refractivity contribution is 1.02. The predicted molar refractivity (Wildman–Crippen MR) is 81.0 cm³/mol. The van der Waals surface area contributed by atoms with Gasteiger partial charge in [-0.05, 0) is 37.5 Å². The molecule has 5 heteroatoms. The van der Waals surface area contributed by atoms with E-state index in [1.54, 1.807) is 0 Å². The average Bonchev–Trinajstić information content (AvgIpc) is 3.23. The Labute approximate surface area is 118 Å². The van der Waals surface area contributed by atoms with Crippen LogP contribution in [0, 0.1) is 6.92 Å². The van der Waals surface area contributed by atoms with E-state index in [0.717, 1.165) is 28.7 Å². The van der Waals surface area contributed by atoms with Gasteiger partial charge >= 0.3 is 0 Å². The van der Waals surface area contributed by atoms with Crippen molar-refractivity contribution in [3.05, 3.63) is 41.7 Å². The lowest BCUT2D eigenvalue weighted by Gasteiger charge is -2.10. The molecule has 0 atom stereocenters. The van der Waals surface area contributed by atoms with Crippen LogP contribution in [0.25, 0.3) is 0 Å². The smallest absolute Gasteiger partial charge is 0.136 e. The summed E-state index contributed by atoms with van der Waals surface area (Å²) in [4.78, 5) is 8.82. The van der Waals surface area contributed by atoms with Gasteiger partial charge in [-0.1, -0.05) is 12.1 Å². The van der Waals surface area contributed by atoms with E-state index in [1.165, 1.54) is 12.8 Å². The Kier molecular flexibility index (Phi) is 3.52. The predicted octanol–water partition coefficient (Wildman–Crippen LogP) is 2.56. The molecule has 2 aromatic rings. The monoisotopic (exact) mass is 269 g/mol. The van der Waals surface area contributed by atoms with Crippen molar-refractivity contribution in [3.8, 4) is 0 Å². The zero-order valence-electron chi connectivity index (χ0n) is 11.6. The Morgan fingerprint density at radius 3 is 2.50 bits per heavy atom. The van der Waals surface area contributed by atoms with Crippen LogP contribution >= 0.6 is 0 Å². The second-order valence-electron chi connectivity index (χ2n) is 5.13. The van der Waals surface area contributed by atoms with Crippen molar-refractivity contribution < 1.29 is 0 Å². The molecule has 1 saturated carbocycles. The number of nitrogens with zero attached hydrogens (tertiary/aromatic N) is 2. The van der Waals surface area contributed by atoms with Crippen LogP contribution in [-0.4, -0.2) is 16.0 Å². The highest BCUT2D eigenvalue weighted by Crippen LogP contribution is 2.25. The van der Waals surface area contributed by atoms with Crippen LogP contribution in [0.4, 0.5) is 17.3 Å². The summed E-state index contributed by atoms with van der Waals surface area (Å²) in [5.41, 5.74) is 7.71. The molecule has 104 valence electrons. The lowest BCUT2D eigenvalue weighted by Crippen LogP contribution is -2.06. The van der Waals surface area contributed by atoms with Crippen molar-refractivity contribution >= 4 is 17.3 Å². The van der Waals surface area contributed by atoms with Crippen LogP contribution in [0.5, 0.6) is 0 Å². The molecule has 3 rings (SSSR count). The summed E-state index contributed by atoms with van der Waals surface area (Å²) in [6.45, 7) is 2.46. The molecular formula is C15H19N5. The van der Waals surface area contributed by atoms with Gasteiger partial charge in [-0.2, -0.15) is 0 Å². The molecule has 0 unspecified atom stereocenters. The molecule has 4 N–H and O–H groups in total. The third-order valence-electron chi connectivity index (χ3n) is 3.23. The van der Waals surface area contributed by atoms with Crippen molar-refractivity contribution in [2.45, 2.75) is 32.4 Å². The fraction of sp³-hybridized carbons (Fsp3) is 0.333. The van der Waals surface area contributed by atoms with Gasteiger partial charge in [-0.15, -0.1) is 0 Å². The second kappa shape index (κ2) is 5.46. The van der Waals surface area contributed by atoms with Gasteiger partial charge < -0.3 is 16.4 Å². The fourth-order valence-electron chi connectivity index (χ4n) is 2.01. The molecule has 0 radical (unpaired) electrons. The third kappa shape index (κ3) is 3.24. The molecule has 0 spiro atoms. The highest BCUT2D eigenvalue weighted by Gasteiger charge is 2.21. The maximum absolute atomic E-state index is 5.60. The summed E-state index contributed by atoms with van der Waals surface area (Å²) in [5, 5.41) is 6.69. The minimum Gasteiger partial charge on any atom is -0.367 e. The lowest BCUT2D eigenvalue weighted by atomic mass is 10.2. The van der Waals surface area contributed by atoms with E-state index in [4.69, 9.17) is 5.73 Å². The summed E-state index contributed by atoms with van der Waals surface area (Å²) >= 11 is 0. The van der Waals surface area contributed by atoms with E-state index in [9.17, 15) is 0 Å². The number of hydrogen-bond donors (Lipinski definition) is 3. The van der Waals surface area contributed by atoms with E-state index in [1.807, 2.05) is 37.3 Å². The number of hydrogen-bond acceptors (Lipinski definition) is 5. The topological polar surface area (TPSA) is 75.9 Å². The SMILES string of the molecule is Cc1nc(Nc2ccc(CN)cc2)cc(NC2CC2)n1. The van der Waals surface area contributed by atoms with Gasteiger partial charge in [0, 0.05) is 24.3 Å². The van der Waals surface area contributed by atoms with Gasteiger partial charge in [0.2, 0.25) is 0 Å². The first-order valence-corrected chi connectivity index (χ1v) is 6.91. The summed E-state index contributed by atoms with van der Waals surface area (Å²) in [5.74, 6) is 2.46. The maximum atomic E-state index is 5.60. The number of benzene rings is 1. The standard InChI is InChI=1S/C15H19N5/c1-10-17-14(8-15(18-10)20-13-6-7-13)19-12-4-2-11(9-16)3-5-12/h2-5,8,13H,6-7,9,16H2,1H3,(H2,17,18,19,20). The molecular weight excluding hydrogens is 250 g/mol. The van der Waals surface area contributed by atoms with Crippen LogP contribution in [0.15, 0.2) is 30.3 Å². The molecule has 20 heavy (non-hydrogen) atoms. The van der Waals surface area contributed by atoms with E-state index in [-0.39, 0.29) is 0 Å². The fourth-order valence-corrected chi connectivity index (χ4v) is 2.01. The molecule has 1 fully saturated rings. The van der Waals surface area contributed by atoms with E-state index < -0.39 is 0 Å². The first kappa shape index (κ1) is 12.9. The third-order valence-corrected chi connectivity index (χ3v) is 3.23. The van der Waals surface area contributed by atoms with E-state index in [0.29, 0.717) is 12.6 Å². The van der Waals surface area contributed by atoms with Gasteiger partial charge in [0.25, 0.3) is 0 Å². The van der Waals surface area contributed by atoms with Crippen LogP contribution in [0.3, 0.4) is 0 Å². The molecule has 0 amide bonds. The van der Waals surface area contributed by atoms with Crippen LogP contribution in [-0.2, 0) is 6.54 Å². The van der Waals surface area contributed by atoms with Crippen LogP contribution in [0.2, 0.25) is 0 Å².